The molecule has 0 aromatic heterocycles. The summed E-state index contributed by atoms with van der Waals surface area (Å²) in [7, 11) is 3.88. The van der Waals surface area contributed by atoms with E-state index in [0.29, 0.717) is 5.92 Å². The number of amides is 1. The van der Waals surface area contributed by atoms with Crippen LogP contribution in [0.1, 0.15) is 26.7 Å². The number of hydrogen-bond acceptors (Lipinski definition) is 5. The van der Waals surface area contributed by atoms with Crippen molar-refractivity contribution < 1.29 is 19.5 Å². The molecule has 0 aliphatic carbocycles. The molecule has 1 rings (SSSR count). The standard InChI is InChI=1S/C13H23N3O4/c1-8(2)5-9(7-16(3)4)14-12(17)11-6-10(13(18)19)15-20-11/h8-9,11H,5-7H2,1-4H3,(H,14,17)(H,18,19). The predicted octanol–water partition coefficient (Wildman–Crippen LogP) is 0.308. The van der Waals surface area contributed by atoms with Crippen LogP contribution in [0.3, 0.4) is 0 Å². The van der Waals surface area contributed by atoms with E-state index >= 15 is 0 Å². The van der Waals surface area contributed by atoms with Crippen LogP contribution in [0.5, 0.6) is 0 Å². The Morgan fingerprint density at radius 1 is 1.50 bits per heavy atom. The molecular formula is C13H23N3O4. The lowest BCUT2D eigenvalue weighted by atomic mass is 10.0. The number of oxime groups is 1. The molecule has 0 spiro atoms. The van der Waals surface area contributed by atoms with E-state index in [4.69, 9.17) is 9.94 Å². The van der Waals surface area contributed by atoms with Gasteiger partial charge in [-0.05, 0) is 26.4 Å². The van der Waals surface area contributed by atoms with Crippen molar-refractivity contribution in [2.24, 2.45) is 11.1 Å². The van der Waals surface area contributed by atoms with E-state index in [1.807, 2.05) is 19.0 Å². The molecule has 0 radical (unpaired) electrons. The Bertz CT molecular complexity index is 383. The van der Waals surface area contributed by atoms with Crippen molar-refractivity contribution in [3.63, 3.8) is 0 Å². The fourth-order valence-corrected chi connectivity index (χ4v) is 2.13. The van der Waals surface area contributed by atoms with E-state index in [9.17, 15) is 9.59 Å². The third-order valence-corrected chi connectivity index (χ3v) is 2.90. The molecule has 0 bridgehead atoms. The van der Waals surface area contributed by atoms with Crippen LogP contribution < -0.4 is 5.32 Å². The normalized spacial score (nSPS) is 19.7. The Labute approximate surface area is 119 Å². The van der Waals surface area contributed by atoms with Crippen LogP contribution in [0.4, 0.5) is 0 Å². The summed E-state index contributed by atoms with van der Waals surface area (Å²) in [6.45, 7) is 4.91. The first-order valence-corrected chi connectivity index (χ1v) is 6.70. The molecular weight excluding hydrogens is 262 g/mol. The van der Waals surface area contributed by atoms with E-state index in [0.717, 1.165) is 13.0 Å². The minimum atomic E-state index is -1.15. The van der Waals surface area contributed by atoms with Crippen LogP contribution in [0.25, 0.3) is 0 Å². The third kappa shape index (κ3) is 5.16. The van der Waals surface area contributed by atoms with Gasteiger partial charge in [0, 0.05) is 19.0 Å². The summed E-state index contributed by atoms with van der Waals surface area (Å²) in [5.41, 5.74) is -0.113. The monoisotopic (exact) mass is 285 g/mol. The number of carbonyl (C=O) groups excluding carboxylic acids is 1. The summed E-state index contributed by atoms with van der Waals surface area (Å²) in [6.07, 6.45) is 0.0267. The zero-order chi connectivity index (χ0) is 15.3. The molecule has 114 valence electrons. The summed E-state index contributed by atoms with van der Waals surface area (Å²) in [4.78, 5) is 29.7. The number of rotatable bonds is 7. The lowest BCUT2D eigenvalue weighted by molar-refractivity contribution is -0.132. The Kier molecular flexibility index (Phi) is 5.94. The van der Waals surface area contributed by atoms with Gasteiger partial charge in [-0.2, -0.15) is 0 Å². The second kappa shape index (κ2) is 7.23. The fourth-order valence-electron chi connectivity index (χ4n) is 2.13. The second-order valence-corrected chi connectivity index (χ2v) is 5.74. The minimum absolute atomic E-state index is 0.00924. The largest absolute Gasteiger partial charge is 0.477 e. The molecule has 2 atom stereocenters. The third-order valence-electron chi connectivity index (χ3n) is 2.90. The molecule has 0 saturated heterocycles. The first-order valence-electron chi connectivity index (χ1n) is 6.70. The SMILES string of the molecule is CC(C)CC(CN(C)C)NC(=O)C1CC(C(=O)O)=NO1. The lowest BCUT2D eigenvalue weighted by Gasteiger charge is -2.24. The second-order valence-electron chi connectivity index (χ2n) is 5.74. The first-order chi connectivity index (χ1) is 9.29. The van der Waals surface area contributed by atoms with Crippen LogP contribution in [-0.4, -0.2) is 60.4 Å². The van der Waals surface area contributed by atoms with Crippen molar-refractivity contribution in [1.29, 1.82) is 0 Å². The number of carboxylic acid groups (broad SMARTS) is 1. The maximum absolute atomic E-state index is 12.1. The smallest absolute Gasteiger partial charge is 0.353 e. The summed E-state index contributed by atoms with van der Waals surface area (Å²) >= 11 is 0. The highest BCUT2D eigenvalue weighted by Gasteiger charge is 2.32. The van der Waals surface area contributed by atoms with Crippen LogP contribution in [0.15, 0.2) is 5.16 Å². The number of hydrogen-bond donors (Lipinski definition) is 2. The first kappa shape index (κ1) is 16.4. The molecule has 1 aliphatic rings. The van der Waals surface area contributed by atoms with E-state index in [-0.39, 0.29) is 24.1 Å². The summed E-state index contributed by atoms with van der Waals surface area (Å²) < 4.78 is 0. The Morgan fingerprint density at radius 3 is 2.60 bits per heavy atom. The van der Waals surface area contributed by atoms with Crippen molar-refractivity contribution in [3.8, 4) is 0 Å². The van der Waals surface area contributed by atoms with Crippen molar-refractivity contribution in [2.45, 2.75) is 38.8 Å². The number of carboxylic acids is 1. The zero-order valence-electron chi connectivity index (χ0n) is 12.4. The van der Waals surface area contributed by atoms with Crippen molar-refractivity contribution in [3.05, 3.63) is 0 Å². The van der Waals surface area contributed by atoms with Crippen LogP contribution >= 0.6 is 0 Å². The summed E-state index contributed by atoms with van der Waals surface area (Å²) in [6, 6.07) is 0.00924. The lowest BCUT2D eigenvalue weighted by Crippen LogP contribution is -2.46. The minimum Gasteiger partial charge on any atom is -0.477 e. The maximum Gasteiger partial charge on any atom is 0.353 e. The van der Waals surface area contributed by atoms with Gasteiger partial charge in [0.2, 0.25) is 6.10 Å². The van der Waals surface area contributed by atoms with Crippen molar-refractivity contribution in [1.82, 2.24) is 10.2 Å². The molecule has 1 heterocycles. The van der Waals surface area contributed by atoms with Crippen molar-refractivity contribution >= 4 is 17.6 Å². The van der Waals surface area contributed by atoms with Gasteiger partial charge >= 0.3 is 5.97 Å². The molecule has 0 fully saturated rings. The van der Waals surface area contributed by atoms with Crippen LogP contribution in [0.2, 0.25) is 0 Å². The van der Waals surface area contributed by atoms with E-state index < -0.39 is 12.1 Å². The number of nitrogens with zero attached hydrogens (tertiary/aromatic N) is 2. The molecule has 2 N–H and O–H groups in total. The predicted molar refractivity (Wildman–Crippen MR) is 74.5 cm³/mol. The molecule has 1 aliphatic heterocycles. The van der Waals surface area contributed by atoms with Gasteiger partial charge in [0.25, 0.3) is 5.91 Å². The fraction of sp³-hybridized carbons (Fsp3) is 0.769. The van der Waals surface area contributed by atoms with Gasteiger partial charge < -0.3 is 20.2 Å². The van der Waals surface area contributed by atoms with Gasteiger partial charge in [0.05, 0.1) is 0 Å². The van der Waals surface area contributed by atoms with Gasteiger partial charge in [-0.25, -0.2) is 4.79 Å². The average molecular weight is 285 g/mol. The highest BCUT2D eigenvalue weighted by atomic mass is 16.6. The number of carbonyl (C=O) groups is 2. The van der Waals surface area contributed by atoms with Gasteiger partial charge in [-0.3, -0.25) is 4.79 Å². The Balaban J connectivity index is 2.52. The highest BCUT2D eigenvalue weighted by molar-refractivity contribution is 6.36. The number of nitrogens with one attached hydrogen (secondary N) is 1. The Hall–Kier alpha value is -1.63. The topological polar surface area (TPSA) is 91.2 Å². The maximum atomic E-state index is 12.1. The number of likely N-dealkylation sites (N-methyl/N-ethyl adjacent to an activating group) is 1. The number of aliphatic carboxylic acids is 1. The summed E-state index contributed by atoms with van der Waals surface area (Å²) in [5, 5.41) is 15.1. The van der Waals surface area contributed by atoms with Gasteiger partial charge in [0.15, 0.2) is 5.71 Å². The van der Waals surface area contributed by atoms with Gasteiger partial charge in [-0.15, -0.1) is 0 Å². The highest BCUT2D eigenvalue weighted by Crippen LogP contribution is 2.12. The van der Waals surface area contributed by atoms with E-state index in [1.54, 1.807) is 0 Å². The molecule has 1 amide bonds. The van der Waals surface area contributed by atoms with E-state index in [2.05, 4.69) is 24.3 Å². The molecule has 7 heteroatoms. The van der Waals surface area contributed by atoms with Crippen molar-refractivity contribution in [2.75, 3.05) is 20.6 Å². The van der Waals surface area contributed by atoms with Crippen LogP contribution in [0, 0.1) is 5.92 Å². The molecule has 0 aromatic carbocycles. The molecule has 7 nitrogen and oxygen atoms in total. The molecule has 20 heavy (non-hydrogen) atoms. The van der Waals surface area contributed by atoms with E-state index in [1.165, 1.54) is 0 Å². The summed E-state index contributed by atoms with van der Waals surface area (Å²) in [5.74, 6) is -1.000. The van der Waals surface area contributed by atoms with Crippen LogP contribution in [-0.2, 0) is 14.4 Å². The zero-order valence-corrected chi connectivity index (χ0v) is 12.4. The Morgan fingerprint density at radius 2 is 2.15 bits per heavy atom. The molecule has 0 aromatic rings. The molecule has 0 saturated carbocycles. The average Bonchev–Trinajstić information content (AvgIpc) is 2.75. The van der Waals surface area contributed by atoms with Gasteiger partial charge in [0.1, 0.15) is 0 Å². The van der Waals surface area contributed by atoms with Gasteiger partial charge in [-0.1, -0.05) is 19.0 Å². The quantitative estimate of drug-likeness (QED) is 0.702. The molecule has 2 unspecified atom stereocenters.